The zero-order chi connectivity index (χ0) is 18.6. The van der Waals surface area contributed by atoms with Gasteiger partial charge in [0.2, 0.25) is 10.0 Å². The van der Waals surface area contributed by atoms with Gasteiger partial charge in [-0.3, -0.25) is 5.32 Å². The standard InChI is InChI=1S/C15H22N6O4S/c1-25-7-8-26(23,24)21-6-2-3-11(10-21)18-15(22)20-13-9-17-14-12(19-13)4-5-16-14/h4-5,9,11H,2-3,6-8,10H2,1H3,(H,16,17)(H2,18,19,20,22). The Labute approximate surface area is 151 Å². The molecule has 3 rings (SSSR count). The number of aromatic amines is 1. The van der Waals surface area contributed by atoms with E-state index in [9.17, 15) is 13.2 Å². The van der Waals surface area contributed by atoms with E-state index in [1.165, 1.54) is 17.6 Å². The minimum atomic E-state index is -3.38. The van der Waals surface area contributed by atoms with Gasteiger partial charge < -0.3 is 15.0 Å². The number of fused-ring (bicyclic) bond motifs is 1. The molecule has 10 nitrogen and oxygen atoms in total. The van der Waals surface area contributed by atoms with Crippen LogP contribution >= 0.6 is 0 Å². The predicted octanol–water partition coefficient (Wildman–Crippen LogP) is 0.520. The molecule has 11 heteroatoms. The van der Waals surface area contributed by atoms with Gasteiger partial charge >= 0.3 is 6.03 Å². The first-order chi connectivity index (χ1) is 12.5. The number of piperidine rings is 1. The Morgan fingerprint density at radius 3 is 3.15 bits per heavy atom. The van der Waals surface area contributed by atoms with Crippen molar-refractivity contribution in [2.75, 3.05) is 37.9 Å². The summed E-state index contributed by atoms with van der Waals surface area (Å²) in [6, 6.07) is 1.07. The van der Waals surface area contributed by atoms with E-state index in [0.29, 0.717) is 36.4 Å². The third kappa shape index (κ3) is 4.48. The highest BCUT2D eigenvalue weighted by Crippen LogP contribution is 2.15. The predicted molar refractivity (Wildman–Crippen MR) is 96.3 cm³/mol. The number of hydrogen-bond donors (Lipinski definition) is 3. The van der Waals surface area contributed by atoms with Crippen molar-refractivity contribution < 1.29 is 17.9 Å². The van der Waals surface area contributed by atoms with Crippen molar-refractivity contribution >= 4 is 33.0 Å². The van der Waals surface area contributed by atoms with Crippen molar-refractivity contribution in [2.24, 2.45) is 0 Å². The molecule has 1 unspecified atom stereocenters. The first-order valence-corrected chi connectivity index (χ1v) is 9.93. The Morgan fingerprint density at radius 2 is 2.35 bits per heavy atom. The fraction of sp³-hybridized carbons (Fsp3) is 0.533. The second kappa shape index (κ2) is 7.98. The maximum atomic E-state index is 12.3. The molecule has 0 bridgehead atoms. The topological polar surface area (TPSA) is 129 Å². The van der Waals surface area contributed by atoms with E-state index >= 15 is 0 Å². The van der Waals surface area contributed by atoms with Gasteiger partial charge in [0.05, 0.1) is 18.6 Å². The molecule has 3 N–H and O–H groups in total. The van der Waals surface area contributed by atoms with Gasteiger partial charge in [-0.15, -0.1) is 0 Å². The number of nitrogens with one attached hydrogen (secondary N) is 3. The van der Waals surface area contributed by atoms with Crippen LogP contribution in [0.2, 0.25) is 0 Å². The molecule has 0 saturated carbocycles. The quantitative estimate of drug-likeness (QED) is 0.668. The molecule has 1 saturated heterocycles. The first kappa shape index (κ1) is 18.5. The molecule has 1 aliphatic rings. The lowest BCUT2D eigenvalue weighted by molar-refractivity contribution is 0.213. The molecule has 2 aromatic rings. The smallest absolute Gasteiger partial charge is 0.320 e. The third-order valence-electron chi connectivity index (χ3n) is 4.16. The van der Waals surface area contributed by atoms with Crippen molar-refractivity contribution in [3.05, 3.63) is 18.5 Å². The van der Waals surface area contributed by atoms with E-state index in [4.69, 9.17) is 4.74 Å². The number of carbonyl (C=O) groups is 1. The highest BCUT2D eigenvalue weighted by atomic mass is 32.2. The van der Waals surface area contributed by atoms with E-state index in [2.05, 4.69) is 25.6 Å². The molecule has 1 aliphatic heterocycles. The number of amides is 2. The second-order valence-corrected chi connectivity index (χ2v) is 8.16. The van der Waals surface area contributed by atoms with Gasteiger partial charge in [-0.1, -0.05) is 0 Å². The number of nitrogens with zero attached hydrogens (tertiary/aromatic N) is 3. The van der Waals surface area contributed by atoms with Gasteiger partial charge in [-0.2, -0.15) is 4.31 Å². The van der Waals surface area contributed by atoms with Crippen LogP contribution < -0.4 is 10.6 Å². The summed E-state index contributed by atoms with van der Waals surface area (Å²) in [7, 11) is -1.91. The number of sulfonamides is 1. The Bertz CT molecular complexity index is 868. The molecule has 0 aliphatic carbocycles. The molecular formula is C15H22N6O4S. The molecule has 142 valence electrons. The molecule has 0 aromatic carbocycles. The maximum absolute atomic E-state index is 12.3. The summed E-state index contributed by atoms with van der Waals surface area (Å²) in [5.74, 6) is 0.268. The number of aromatic nitrogens is 3. The summed E-state index contributed by atoms with van der Waals surface area (Å²) in [6.45, 7) is 0.862. The van der Waals surface area contributed by atoms with Gasteiger partial charge in [-0.25, -0.2) is 23.2 Å². The van der Waals surface area contributed by atoms with E-state index in [0.717, 1.165) is 0 Å². The van der Waals surface area contributed by atoms with Gasteiger partial charge in [0.15, 0.2) is 11.5 Å². The van der Waals surface area contributed by atoms with E-state index in [-0.39, 0.29) is 24.9 Å². The lowest BCUT2D eigenvalue weighted by Crippen LogP contribution is -2.51. The fourth-order valence-corrected chi connectivity index (χ4v) is 4.31. The average Bonchev–Trinajstić information content (AvgIpc) is 3.08. The number of ether oxygens (including phenoxy) is 1. The summed E-state index contributed by atoms with van der Waals surface area (Å²) in [4.78, 5) is 23.5. The van der Waals surface area contributed by atoms with Crippen LogP contribution in [0.3, 0.4) is 0 Å². The normalized spacial score (nSPS) is 18.7. The highest BCUT2D eigenvalue weighted by molar-refractivity contribution is 7.89. The number of carbonyl (C=O) groups excluding carboxylic acids is 1. The number of H-pyrrole nitrogens is 1. The monoisotopic (exact) mass is 382 g/mol. The SMILES string of the molecule is COCCS(=O)(=O)N1CCCC(NC(=O)Nc2cnc3[nH]ccc3n2)C1. The maximum Gasteiger partial charge on any atom is 0.320 e. The van der Waals surface area contributed by atoms with E-state index in [1.54, 1.807) is 12.3 Å². The highest BCUT2D eigenvalue weighted by Gasteiger charge is 2.29. The van der Waals surface area contributed by atoms with Crippen LogP contribution in [0.5, 0.6) is 0 Å². The number of anilines is 1. The zero-order valence-electron chi connectivity index (χ0n) is 14.4. The second-order valence-electron chi connectivity index (χ2n) is 6.07. The lowest BCUT2D eigenvalue weighted by Gasteiger charge is -2.32. The average molecular weight is 382 g/mol. The number of rotatable bonds is 6. The van der Waals surface area contributed by atoms with Gasteiger partial charge in [0.25, 0.3) is 0 Å². The molecule has 2 aromatic heterocycles. The van der Waals surface area contributed by atoms with E-state index < -0.39 is 16.1 Å². The van der Waals surface area contributed by atoms with Crippen LogP contribution in [0.25, 0.3) is 11.2 Å². The van der Waals surface area contributed by atoms with Gasteiger partial charge in [0.1, 0.15) is 5.52 Å². The van der Waals surface area contributed by atoms with Crippen LogP contribution in [0.15, 0.2) is 18.5 Å². The fourth-order valence-electron chi connectivity index (χ4n) is 2.86. The Kier molecular flexibility index (Phi) is 5.69. The third-order valence-corrected chi connectivity index (χ3v) is 5.96. The largest absolute Gasteiger partial charge is 0.384 e. The van der Waals surface area contributed by atoms with Crippen molar-refractivity contribution in [2.45, 2.75) is 18.9 Å². The van der Waals surface area contributed by atoms with Crippen molar-refractivity contribution in [3.8, 4) is 0 Å². The first-order valence-electron chi connectivity index (χ1n) is 8.32. The molecule has 0 radical (unpaired) electrons. The van der Waals surface area contributed by atoms with Crippen molar-refractivity contribution in [3.63, 3.8) is 0 Å². The van der Waals surface area contributed by atoms with Crippen LogP contribution in [0.4, 0.5) is 10.6 Å². The Balaban J connectivity index is 1.56. The van der Waals surface area contributed by atoms with Gasteiger partial charge in [-0.05, 0) is 18.9 Å². The van der Waals surface area contributed by atoms with Crippen LogP contribution in [0, 0.1) is 0 Å². The number of methoxy groups -OCH3 is 1. The Morgan fingerprint density at radius 1 is 1.50 bits per heavy atom. The van der Waals surface area contributed by atoms with Crippen LogP contribution in [0.1, 0.15) is 12.8 Å². The Hall–Kier alpha value is -2.24. The summed E-state index contributed by atoms with van der Waals surface area (Å²) < 4.78 is 30.8. The number of hydrogen-bond acceptors (Lipinski definition) is 6. The summed E-state index contributed by atoms with van der Waals surface area (Å²) in [5, 5.41) is 5.44. The molecule has 3 heterocycles. The number of urea groups is 1. The molecule has 2 amide bonds. The van der Waals surface area contributed by atoms with Crippen molar-refractivity contribution in [1.82, 2.24) is 24.6 Å². The molecule has 1 fully saturated rings. The summed E-state index contributed by atoms with van der Waals surface area (Å²) in [6.07, 6.45) is 4.58. The minimum absolute atomic E-state index is 0.0608. The van der Waals surface area contributed by atoms with Gasteiger partial charge in [0, 0.05) is 32.4 Å². The van der Waals surface area contributed by atoms with E-state index in [1.807, 2.05) is 0 Å². The molecular weight excluding hydrogens is 360 g/mol. The van der Waals surface area contributed by atoms with Crippen LogP contribution in [-0.4, -0.2) is 72.3 Å². The van der Waals surface area contributed by atoms with Crippen LogP contribution in [-0.2, 0) is 14.8 Å². The minimum Gasteiger partial charge on any atom is -0.384 e. The zero-order valence-corrected chi connectivity index (χ0v) is 15.3. The molecule has 26 heavy (non-hydrogen) atoms. The van der Waals surface area contributed by atoms with Crippen molar-refractivity contribution in [1.29, 1.82) is 0 Å². The lowest BCUT2D eigenvalue weighted by atomic mass is 10.1. The molecule has 0 spiro atoms. The summed E-state index contributed by atoms with van der Waals surface area (Å²) >= 11 is 0. The molecule has 1 atom stereocenters. The summed E-state index contributed by atoms with van der Waals surface area (Å²) in [5.41, 5.74) is 1.29.